The molecule has 2 saturated carbocycles. The van der Waals surface area contributed by atoms with Crippen molar-refractivity contribution in [3.05, 3.63) is 0 Å². The number of amides is 1. The molecule has 2 atom stereocenters. The molecule has 1 unspecified atom stereocenters. The van der Waals surface area contributed by atoms with Crippen molar-refractivity contribution in [3.8, 4) is 0 Å². The average molecular weight is 245 g/mol. The maximum atomic E-state index is 11.8. The Bertz CT molecular complexity index is 441. The highest BCUT2D eigenvalue weighted by atomic mass is 32.2. The first-order chi connectivity index (χ1) is 7.43. The molecule has 0 aromatic carbocycles. The summed E-state index contributed by atoms with van der Waals surface area (Å²) in [5, 5.41) is -0.381. The van der Waals surface area contributed by atoms with E-state index in [4.69, 9.17) is 5.73 Å². The molecular formula is C9H15N3O3S. The van der Waals surface area contributed by atoms with Crippen LogP contribution in [-0.2, 0) is 14.8 Å². The summed E-state index contributed by atoms with van der Waals surface area (Å²) in [5.74, 6) is -0.564. The number of nitrogens with zero attached hydrogens (tertiary/aromatic N) is 1. The molecule has 1 heterocycles. The van der Waals surface area contributed by atoms with E-state index in [2.05, 4.69) is 4.72 Å². The third kappa shape index (κ3) is 1.63. The summed E-state index contributed by atoms with van der Waals surface area (Å²) in [6.07, 6.45) is 3.41. The summed E-state index contributed by atoms with van der Waals surface area (Å²) in [5.41, 5.74) is 4.79. The van der Waals surface area contributed by atoms with Gasteiger partial charge in [0.05, 0.1) is 5.25 Å². The van der Waals surface area contributed by atoms with E-state index >= 15 is 0 Å². The summed E-state index contributed by atoms with van der Waals surface area (Å²) in [6, 6.07) is 0.388. The van der Waals surface area contributed by atoms with Crippen molar-refractivity contribution < 1.29 is 13.2 Å². The van der Waals surface area contributed by atoms with Gasteiger partial charge in [-0.2, -0.15) is 0 Å². The van der Waals surface area contributed by atoms with E-state index in [-0.39, 0.29) is 5.25 Å². The highest BCUT2D eigenvalue weighted by Crippen LogP contribution is 2.40. The fraction of sp³-hybridized carbons (Fsp3) is 0.889. The Morgan fingerprint density at radius 3 is 2.44 bits per heavy atom. The van der Waals surface area contributed by atoms with Crippen molar-refractivity contribution in [1.82, 2.24) is 9.62 Å². The van der Waals surface area contributed by atoms with Crippen molar-refractivity contribution in [2.24, 2.45) is 5.73 Å². The maximum Gasteiger partial charge on any atom is 0.269 e. The van der Waals surface area contributed by atoms with Crippen LogP contribution in [0.5, 0.6) is 0 Å². The lowest BCUT2D eigenvalue weighted by atomic mass is 10.3. The van der Waals surface area contributed by atoms with Crippen LogP contribution in [0.2, 0.25) is 0 Å². The first kappa shape index (κ1) is 10.5. The first-order valence-corrected chi connectivity index (χ1v) is 7.10. The Kier molecular flexibility index (Phi) is 1.94. The van der Waals surface area contributed by atoms with Crippen molar-refractivity contribution in [2.75, 3.05) is 6.54 Å². The summed E-state index contributed by atoms with van der Waals surface area (Å²) >= 11 is 0. The average Bonchev–Trinajstić information content (AvgIpc) is 3.03. The fourth-order valence-electron chi connectivity index (χ4n) is 1.95. The van der Waals surface area contributed by atoms with Crippen LogP contribution in [0.1, 0.15) is 25.7 Å². The van der Waals surface area contributed by atoms with Gasteiger partial charge in [0.15, 0.2) is 5.66 Å². The van der Waals surface area contributed by atoms with Crippen LogP contribution in [0.15, 0.2) is 0 Å². The van der Waals surface area contributed by atoms with Crippen LogP contribution < -0.4 is 10.5 Å². The molecule has 1 amide bonds. The van der Waals surface area contributed by atoms with Gasteiger partial charge in [0.2, 0.25) is 10.0 Å². The van der Waals surface area contributed by atoms with Gasteiger partial charge >= 0.3 is 0 Å². The Balaban J connectivity index is 1.65. The number of rotatable bonds is 4. The number of sulfonamides is 1. The standard InChI is InChI=1S/C9H15N3O3S/c10-9(5-12(9)6-1-2-6)8(13)11-16(14,15)7-3-4-7/h6-7H,1-5,10H2,(H,11,13)/t9-,12?/m1/s1. The molecule has 0 spiro atoms. The SMILES string of the molecule is N[C@]1(C(=O)NS(=O)(=O)C2CC2)CN1C1CC1. The number of carbonyl (C=O) groups is 1. The minimum atomic E-state index is -3.46. The van der Waals surface area contributed by atoms with Crippen molar-refractivity contribution >= 4 is 15.9 Å². The smallest absolute Gasteiger partial charge is 0.269 e. The molecule has 1 aliphatic heterocycles. The zero-order valence-corrected chi connectivity index (χ0v) is 9.66. The van der Waals surface area contributed by atoms with Crippen molar-refractivity contribution in [3.63, 3.8) is 0 Å². The number of carbonyl (C=O) groups excluding carboxylic acids is 1. The lowest BCUT2D eigenvalue weighted by Gasteiger charge is -2.12. The van der Waals surface area contributed by atoms with Crippen molar-refractivity contribution in [2.45, 2.75) is 42.6 Å². The highest BCUT2D eigenvalue weighted by Gasteiger charge is 2.61. The zero-order chi connectivity index (χ0) is 11.6. The van der Waals surface area contributed by atoms with Crippen molar-refractivity contribution in [1.29, 1.82) is 0 Å². The van der Waals surface area contributed by atoms with Gasteiger partial charge in [-0.05, 0) is 25.7 Å². The molecule has 90 valence electrons. The fourth-order valence-corrected chi connectivity index (χ4v) is 3.31. The monoisotopic (exact) mass is 245 g/mol. The molecule has 7 heteroatoms. The van der Waals surface area contributed by atoms with Crippen LogP contribution in [-0.4, -0.2) is 42.7 Å². The maximum absolute atomic E-state index is 11.8. The summed E-state index contributed by atoms with van der Waals surface area (Å²) in [7, 11) is -3.46. The van der Waals surface area contributed by atoms with E-state index in [1.165, 1.54) is 0 Å². The number of nitrogens with one attached hydrogen (secondary N) is 1. The second-order valence-corrected chi connectivity index (χ2v) is 6.92. The minimum absolute atomic E-state index is 0.381. The topological polar surface area (TPSA) is 92.3 Å². The number of hydrogen-bond donors (Lipinski definition) is 2. The molecule has 0 radical (unpaired) electrons. The van der Waals surface area contributed by atoms with Crippen LogP contribution in [0.25, 0.3) is 0 Å². The summed E-state index contributed by atoms with van der Waals surface area (Å²) < 4.78 is 25.2. The van der Waals surface area contributed by atoms with E-state index in [9.17, 15) is 13.2 Å². The molecule has 0 aromatic rings. The molecule has 3 aliphatic rings. The quantitative estimate of drug-likeness (QED) is 0.602. The van der Waals surface area contributed by atoms with Gasteiger partial charge in [-0.15, -0.1) is 0 Å². The van der Waals surface area contributed by atoms with E-state index in [0.29, 0.717) is 25.4 Å². The van der Waals surface area contributed by atoms with E-state index in [0.717, 1.165) is 12.8 Å². The lowest BCUT2D eigenvalue weighted by Crippen LogP contribution is -2.50. The van der Waals surface area contributed by atoms with Gasteiger partial charge in [0.25, 0.3) is 5.91 Å². The third-order valence-corrected chi connectivity index (χ3v) is 5.22. The first-order valence-electron chi connectivity index (χ1n) is 5.55. The minimum Gasteiger partial charge on any atom is -0.304 e. The van der Waals surface area contributed by atoms with Crippen LogP contribution in [0, 0.1) is 0 Å². The van der Waals surface area contributed by atoms with Crippen LogP contribution in [0.3, 0.4) is 0 Å². The third-order valence-electron chi connectivity index (χ3n) is 3.40. The van der Waals surface area contributed by atoms with Gasteiger partial charge in [-0.1, -0.05) is 0 Å². The molecule has 3 rings (SSSR count). The second kappa shape index (κ2) is 2.96. The number of hydrogen-bond acceptors (Lipinski definition) is 5. The molecule has 0 bridgehead atoms. The predicted molar refractivity (Wildman–Crippen MR) is 56.7 cm³/mol. The summed E-state index contributed by atoms with van der Waals surface area (Å²) in [4.78, 5) is 13.6. The molecule has 6 nitrogen and oxygen atoms in total. The zero-order valence-electron chi connectivity index (χ0n) is 8.85. The van der Waals surface area contributed by atoms with Gasteiger partial charge in [-0.25, -0.2) is 8.42 Å². The Hall–Kier alpha value is -0.660. The molecule has 2 aliphatic carbocycles. The highest BCUT2D eigenvalue weighted by molar-refractivity contribution is 7.90. The summed E-state index contributed by atoms with van der Waals surface area (Å²) in [6.45, 7) is 0.476. The van der Waals surface area contributed by atoms with Crippen LogP contribution in [0.4, 0.5) is 0 Å². The molecule has 1 saturated heterocycles. The predicted octanol–water partition coefficient (Wildman–Crippen LogP) is -1.27. The molecule has 0 aromatic heterocycles. The molecule has 3 fully saturated rings. The van der Waals surface area contributed by atoms with Gasteiger partial charge < -0.3 is 5.73 Å². The van der Waals surface area contributed by atoms with Crippen LogP contribution >= 0.6 is 0 Å². The van der Waals surface area contributed by atoms with Gasteiger partial charge in [0, 0.05) is 12.6 Å². The van der Waals surface area contributed by atoms with E-state index in [1.54, 1.807) is 0 Å². The Morgan fingerprint density at radius 2 is 1.94 bits per heavy atom. The normalized spacial score (nSPS) is 38.2. The molecular weight excluding hydrogens is 230 g/mol. The van der Waals surface area contributed by atoms with Gasteiger partial charge in [0.1, 0.15) is 0 Å². The molecule has 3 N–H and O–H groups in total. The molecule has 16 heavy (non-hydrogen) atoms. The second-order valence-electron chi connectivity index (χ2n) is 4.96. The van der Waals surface area contributed by atoms with E-state index in [1.807, 2.05) is 4.90 Å². The Labute approximate surface area is 94.2 Å². The number of nitrogens with two attached hydrogens (primary N) is 1. The van der Waals surface area contributed by atoms with Gasteiger partial charge in [-0.3, -0.25) is 14.4 Å². The van der Waals surface area contributed by atoms with E-state index < -0.39 is 21.6 Å². The largest absolute Gasteiger partial charge is 0.304 e. The lowest BCUT2D eigenvalue weighted by molar-refractivity contribution is -0.122. The Morgan fingerprint density at radius 1 is 1.31 bits per heavy atom.